The third-order valence-electron chi connectivity index (χ3n) is 7.43. The molecule has 0 bridgehead atoms. The molecule has 0 fully saturated rings. The minimum Gasteiger partial charge on any atom is -0.497 e. The molecule has 0 aromatic heterocycles. The van der Waals surface area contributed by atoms with Crippen molar-refractivity contribution in [2.45, 2.75) is 23.9 Å². The Morgan fingerprint density at radius 3 is 1.90 bits per heavy atom. The molecule has 1 aliphatic heterocycles. The zero-order chi connectivity index (χ0) is 29.3. The van der Waals surface area contributed by atoms with Crippen molar-refractivity contribution in [3.63, 3.8) is 0 Å². The van der Waals surface area contributed by atoms with Gasteiger partial charge in [0.2, 0.25) is 0 Å². The van der Waals surface area contributed by atoms with E-state index < -0.39 is 29.4 Å². The van der Waals surface area contributed by atoms with Gasteiger partial charge in [0.05, 0.1) is 14.2 Å². The summed E-state index contributed by atoms with van der Waals surface area (Å²) in [4.78, 5) is 4.39. The SMILES string of the molecule is COc1ccc(C(NC2=N[C@](C)(c3cc(Br)ccc3F)C(F)(F)CO2)(c2ccccc2)c2ccc(OC)cc2)cc1. The van der Waals surface area contributed by atoms with Crippen molar-refractivity contribution in [2.75, 3.05) is 20.8 Å². The van der Waals surface area contributed by atoms with E-state index in [1.54, 1.807) is 14.2 Å². The van der Waals surface area contributed by atoms with Gasteiger partial charge < -0.3 is 19.5 Å². The van der Waals surface area contributed by atoms with Gasteiger partial charge in [0.25, 0.3) is 6.02 Å². The van der Waals surface area contributed by atoms with Crippen LogP contribution in [0.5, 0.6) is 11.5 Å². The van der Waals surface area contributed by atoms with Gasteiger partial charge in [-0.2, -0.15) is 8.78 Å². The van der Waals surface area contributed by atoms with Gasteiger partial charge in [0.1, 0.15) is 22.9 Å². The Morgan fingerprint density at radius 2 is 1.37 bits per heavy atom. The van der Waals surface area contributed by atoms with E-state index in [4.69, 9.17) is 14.2 Å². The number of ether oxygens (including phenoxy) is 3. The van der Waals surface area contributed by atoms with Crippen molar-refractivity contribution in [2.24, 2.45) is 4.99 Å². The highest BCUT2D eigenvalue weighted by Gasteiger charge is 2.57. The summed E-state index contributed by atoms with van der Waals surface area (Å²) in [5.74, 6) is -3.00. The average Bonchev–Trinajstić information content (AvgIpc) is 2.99. The number of hydrogen-bond donors (Lipinski definition) is 1. The second kappa shape index (κ2) is 11.1. The molecule has 0 spiro atoms. The van der Waals surface area contributed by atoms with E-state index >= 15 is 13.2 Å². The van der Waals surface area contributed by atoms with Crippen molar-refractivity contribution in [3.05, 3.63) is 130 Å². The Kier molecular flexibility index (Phi) is 7.74. The number of hydrogen-bond acceptors (Lipinski definition) is 5. The summed E-state index contributed by atoms with van der Waals surface area (Å²) >= 11 is 3.28. The molecule has 1 N–H and O–H groups in total. The van der Waals surface area contributed by atoms with E-state index in [1.165, 1.54) is 19.1 Å². The number of nitrogens with zero attached hydrogens (tertiary/aromatic N) is 1. The maximum Gasteiger partial charge on any atom is 0.310 e. The second-order valence-corrected chi connectivity index (χ2v) is 10.7. The molecule has 0 unspecified atom stereocenters. The van der Waals surface area contributed by atoms with Gasteiger partial charge in [-0.3, -0.25) is 0 Å². The van der Waals surface area contributed by atoms with E-state index in [1.807, 2.05) is 78.9 Å². The maximum atomic E-state index is 15.5. The molecule has 0 radical (unpaired) electrons. The lowest BCUT2D eigenvalue weighted by Gasteiger charge is -2.42. The average molecular weight is 625 g/mol. The molecule has 1 atom stereocenters. The summed E-state index contributed by atoms with van der Waals surface area (Å²) in [6.07, 6.45) is 0. The lowest BCUT2D eigenvalue weighted by atomic mass is 9.77. The lowest BCUT2D eigenvalue weighted by Crippen LogP contribution is -2.56. The molecule has 4 aromatic carbocycles. The molecule has 0 saturated heterocycles. The van der Waals surface area contributed by atoms with Crippen LogP contribution in [0, 0.1) is 5.82 Å². The van der Waals surface area contributed by atoms with Crippen LogP contribution < -0.4 is 14.8 Å². The van der Waals surface area contributed by atoms with Crippen LogP contribution in [0.25, 0.3) is 0 Å². The van der Waals surface area contributed by atoms with Crippen LogP contribution in [0.4, 0.5) is 13.2 Å². The first-order valence-electron chi connectivity index (χ1n) is 12.8. The molecular formula is C32H28BrF3N2O3. The molecular weight excluding hydrogens is 597 g/mol. The Labute approximate surface area is 245 Å². The van der Waals surface area contributed by atoms with Gasteiger partial charge in [0, 0.05) is 10.0 Å². The summed E-state index contributed by atoms with van der Waals surface area (Å²) < 4.78 is 62.9. The van der Waals surface area contributed by atoms with Gasteiger partial charge in [-0.1, -0.05) is 70.5 Å². The molecule has 0 amide bonds. The highest BCUT2D eigenvalue weighted by Crippen LogP contribution is 2.46. The van der Waals surface area contributed by atoms with E-state index in [9.17, 15) is 0 Å². The van der Waals surface area contributed by atoms with E-state index in [0.717, 1.165) is 22.8 Å². The Morgan fingerprint density at radius 1 is 0.829 bits per heavy atom. The van der Waals surface area contributed by atoms with E-state index in [2.05, 4.69) is 26.2 Å². The summed E-state index contributed by atoms with van der Waals surface area (Å²) in [5.41, 5.74) is -1.37. The number of nitrogens with one attached hydrogen (secondary N) is 1. The van der Waals surface area contributed by atoms with E-state index in [0.29, 0.717) is 16.0 Å². The van der Waals surface area contributed by atoms with Crippen molar-refractivity contribution in [1.29, 1.82) is 0 Å². The summed E-state index contributed by atoms with van der Waals surface area (Å²) in [7, 11) is 3.15. The maximum absolute atomic E-state index is 15.5. The van der Waals surface area contributed by atoms with Gasteiger partial charge >= 0.3 is 5.92 Å². The van der Waals surface area contributed by atoms with Crippen LogP contribution in [0.3, 0.4) is 0 Å². The van der Waals surface area contributed by atoms with Crippen LogP contribution in [0.2, 0.25) is 0 Å². The zero-order valence-electron chi connectivity index (χ0n) is 22.6. The third-order valence-corrected chi connectivity index (χ3v) is 7.92. The van der Waals surface area contributed by atoms with Gasteiger partial charge in [0.15, 0.2) is 12.1 Å². The summed E-state index contributed by atoms with van der Waals surface area (Å²) in [6.45, 7) is 0.213. The van der Waals surface area contributed by atoms with E-state index in [-0.39, 0.29) is 11.6 Å². The smallest absolute Gasteiger partial charge is 0.310 e. The molecule has 4 aromatic rings. The highest BCUT2D eigenvalue weighted by atomic mass is 79.9. The number of rotatable bonds is 7. The predicted octanol–water partition coefficient (Wildman–Crippen LogP) is 7.42. The predicted molar refractivity (Wildman–Crippen MR) is 155 cm³/mol. The number of methoxy groups -OCH3 is 2. The molecule has 9 heteroatoms. The van der Waals surface area contributed by atoms with Crippen molar-refractivity contribution in [1.82, 2.24) is 5.32 Å². The summed E-state index contributed by atoms with van der Waals surface area (Å²) in [5, 5.41) is 3.37. The fourth-order valence-electron chi connectivity index (χ4n) is 5.06. The number of benzene rings is 4. The Balaban J connectivity index is 1.75. The van der Waals surface area contributed by atoms with Crippen LogP contribution in [0.1, 0.15) is 29.2 Å². The molecule has 1 heterocycles. The minimum atomic E-state index is -3.50. The normalized spacial score (nSPS) is 18.2. The first-order valence-corrected chi connectivity index (χ1v) is 13.6. The summed E-state index contributed by atoms with van der Waals surface area (Å²) in [6, 6.07) is 28.1. The molecule has 0 saturated carbocycles. The monoisotopic (exact) mass is 624 g/mol. The lowest BCUT2D eigenvalue weighted by molar-refractivity contribution is -0.118. The van der Waals surface area contributed by atoms with Crippen molar-refractivity contribution in [3.8, 4) is 11.5 Å². The van der Waals surface area contributed by atoms with Crippen LogP contribution in [-0.2, 0) is 15.8 Å². The zero-order valence-corrected chi connectivity index (χ0v) is 24.2. The van der Waals surface area contributed by atoms with Crippen LogP contribution >= 0.6 is 15.9 Å². The Bertz CT molecular complexity index is 1500. The minimum absolute atomic E-state index is 0.159. The first-order chi connectivity index (χ1) is 19.6. The third kappa shape index (κ3) is 5.14. The fraction of sp³-hybridized carbons (Fsp3) is 0.219. The fourth-order valence-corrected chi connectivity index (χ4v) is 5.42. The number of aliphatic imine (C=N–C) groups is 1. The number of halogens is 4. The standard InChI is InChI=1S/C32H28BrF3N2O3/c1-30(27-19-24(33)13-18-28(27)34)31(35,36)20-41-29(37-30)38-32(21-7-5-4-6-8-21,22-9-14-25(39-2)15-10-22)23-11-16-26(40-3)17-12-23/h4-19H,20H2,1-3H3,(H,37,38)/t30-/m1/s1. The van der Waals surface area contributed by atoms with Crippen LogP contribution in [-0.4, -0.2) is 32.8 Å². The van der Waals surface area contributed by atoms with Crippen molar-refractivity contribution < 1.29 is 27.4 Å². The first kappa shape index (κ1) is 28.5. The molecule has 0 aliphatic carbocycles. The molecule has 5 rings (SSSR count). The molecule has 212 valence electrons. The molecule has 1 aliphatic rings. The van der Waals surface area contributed by atoms with Crippen LogP contribution in [0.15, 0.2) is 107 Å². The van der Waals surface area contributed by atoms with Gasteiger partial charge in [-0.25, -0.2) is 9.38 Å². The molecule has 5 nitrogen and oxygen atoms in total. The Hall–Kier alpha value is -3.98. The van der Waals surface area contributed by atoms with Gasteiger partial charge in [-0.15, -0.1) is 0 Å². The van der Waals surface area contributed by atoms with Gasteiger partial charge in [-0.05, 0) is 66.1 Å². The number of alkyl halides is 2. The van der Waals surface area contributed by atoms with Crippen molar-refractivity contribution >= 4 is 22.0 Å². The second-order valence-electron chi connectivity index (χ2n) is 9.80. The highest BCUT2D eigenvalue weighted by molar-refractivity contribution is 9.10. The number of amidine groups is 1. The molecule has 41 heavy (non-hydrogen) atoms. The quantitative estimate of drug-likeness (QED) is 0.217. The topological polar surface area (TPSA) is 52.1 Å². The largest absolute Gasteiger partial charge is 0.497 e.